The number of halogens is 1. The SMILES string of the molecule is Cc1nc2ccc(C(=O)Oc3ccc(Cl)cc3)cc2nc1C. The molecule has 3 aromatic rings. The summed E-state index contributed by atoms with van der Waals surface area (Å²) >= 11 is 5.80. The number of rotatable bonds is 2. The van der Waals surface area contributed by atoms with E-state index in [1.807, 2.05) is 13.8 Å². The van der Waals surface area contributed by atoms with Crippen molar-refractivity contribution in [2.75, 3.05) is 0 Å². The second kappa shape index (κ2) is 5.73. The number of esters is 1. The summed E-state index contributed by atoms with van der Waals surface area (Å²) in [5.41, 5.74) is 3.58. The molecule has 0 aliphatic rings. The van der Waals surface area contributed by atoms with Crippen LogP contribution in [0.5, 0.6) is 5.75 Å². The minimum absolute atomic E-state index is 0.431. The van der Waals surface area contributed by atoms with Gasteiger partial charge in [0.05, 0.1) is 28.0 Å². The zero-order valence-electron chi connectivity index (χ0n) is 12.1. The van der Waals surface area contributed by atoms with Gasteiger partial charge >= 0.3 is 5.97 Å². The zero-order chi connectivity index (χ0) is 15.7. The highest BCUT2D eigenvalue weighted by molar-refractivity contribution is 6.30. The number of hydrogen-bond acceptors (Lipinski definition) is 4. The highest BCUT2D eigenvalue weighted by Gasteiger charge is 2.11. The Balaban J connectivity index is 1.90. The lowest BCUT2D eigenvalue weighted by atomic mass is 10.2. The van der Waals surface area contributed by atoms with Gasteiger partial charge in [-0.3, -0.25) is 0 Å². The van der Waals surface area contributed by atoms with Crippen LogP contribution in [0.4, 0.5) is 0 Å². The van der Waals surface area contributed by atoms with Crippen LogP contribution in [0, 0.1) is 13.8 Å². The van der Waals surface area contributed by atoms with Gasteiger partial charge in [0.2, 0.25) is 0 Å². The summed E-state index contributed by atoms with van der Waals surface area (Å²) in [4.78, 5) is 21.1. The first-order chi connectivity index (χ1) is 10.5. The Hall–Kier alpha value is -2.46. The van der Waals surface area contributed by atoms with Crippen LogP contribution >= 0.6 is 11.6 Å². The fourth-order valence-corrected chi connectivity index (χ4v) is 2.15. The van der Waals surface area contributed by atoms with Crippen molar-refractivity contribution < 1.29 is 9.53 Å². The van der Waals surface area contributed by atoms with E-state index < -0.39 is 5.97 Å². The second-order valence-electron chi connectivity index (χ2n) is 4.94. The van der Waals surface area contributed by atoms with Crippen molar-refractivity contribution >= 4 is 28.6 Å². The molecule has 0 bridgehead atoms. The fourth-order valence-electron chi connectivity index (χ4n) is 2.03. The lowest BCUT2D eigenvalue weighted by molar-refractivity contribution is 0.0735. The molecule has 2 aromatic carbocycles. The van der Waals surface area contributed by atoms with E-state index in [1.54, 1.807) is 42.5 Å². The summed E-state index contributed by atoms with van der Waals surface area (Å²) in [6.45, 7) is 3.80. The standard InChI is InChI=1S/C17H13ClN2O2/c1-10-11(2)20-16-9-12(3-8-15(16)19-10)17(21)22-14-6-4-13(18)5-7-14/h3-9H,1-2H3. The van der Waals surface area contributed by atoms with E-state index in [-0.39, 0.29) is 0 Å². The maximum atomic E-state index is 12.2. The van der Waals surface area contributed by atoms with Crippen LogP contribution in [0.3, 0.4) is 0 Å². The molecule has 5 heteroatoms. The van der Waals surface area contributed by atoms with Crippen molar-refractivity contribution in [3.63, 3.8) is 0 Å². The summed E-state index contributed by atoms with van der Waals surface area (Å²) in [5.74, 6) is 0.00455. The van der Waals surface area contributed by atoms with Gasteiger partial charge < -0.3 is 4.74 Å². The van der Waals surface area contributed by atoms with E-state index >= 15 is 0 Å². The molecule has 0 N–H and O–H groups in total. The van der Waals surface area contributed by atoms with Gasteiger partial charge in [-0.05, 0) is 56.3 Å². The molecule has 0 amide bonds. The Bertz CT molecular complexity index is 860. The normalized spacial score (nSPS) is 10.7. The van der Waals surface area contributed by atoms with Crippen molar-refractivity contribution in [1.82, 2.24) is 9.97 Å². The third kappa shape index (κ3) is 2.92. The first kappa shape index (κ1) is 14.5. The summed E-state index contributed by atoms with van der Waals surface area (Å²) in [7, 11) is 0. The van der Waals surface area contributed by atoms with Gasteiger partial charge in [-0.25, -0.2) is 14.8 Å². The minimum Gasteiger partial charge on any atom is -0.423 e. The van der Waals surface area contributed by atoms with Crippen molar-refractivity contribution in [1.29, 1.82) is 0 Å². The fraction of sp³-hybridized carbons (Fsp3) is 0.118. The maximum absolute atomic E-state index is 12.2. The van der Waals surface area contributed by atoms with Gasteiger partial charge in [-0.2, -0.15) is 0 Å². The molecule has 0 unspecified atom stereocenters. The summed E-state index contributed by atoms with van der Waals surface area (Å²) in [6.07, 6.45) is 0. The van der Waals surface area contributed by atoms with E-state index in [0.29, 0.717) is 21.9 Å². The van der Waals surface area contributed by atoms with Gasteiger partial charge in [0.15, 0.2) is 0 Å². The Kier molecular flexibility index (Phi) is 3.77. The van der Waals surface area contributed by atoms with Crippen molar-refractivity contribution in [2.45, 2.75) is 13.8 Å². The molecule has 0 spiro atoms. The highest BCUT2D eigenvalue weighted by Crippen LogP contribution is 2.19. The molecular weight excluding hydrogens is 300 g/mol. The molecule has 0 fully saturated rings. The predicted molar refractivity (Wildman–Crippen MR) is 85.4 cm³/mol. The molecule has 4 nitrogen and oxygen atoms in total. The molecule has 1 aromatic heterocycles. The second-order valence-corrected chi connectivity index (χ2v) is 5.38. The lowest BCUT2D eigenvalue weighted by Gasteiger charge is -2.06. The van der Waals surface area contributed by atoms with Crippen molar-refractivity contribution in [2.24, 2.45) is 0 Å². The van der Waals surface area contributed by atoms with E-state index in [1.165, 1.54) is 0 Å². The van der Waals surface area contributed by atoms with E-state index in [0.717, 1.165) is 16.9 Å². The highest BCUT2D eigenvalue weighted by atomic mass is 35.5. The summed E-state index contributed by atoms with van der Waals surface area (Å²) < 4.78 is 5.31. The Morgan fingerprint density at radius 1 is 0.955 bits per heavy atom. The van der Waals surface area contributed by atoms with Crippen LogP contribution in [0.1, 0.15) is 21.7 Å². The third-order valence-electron chi connectivity index (χ3n) is 3.34. The molecule has 1 heterocycles. The molecule has 0 aliphatic heterocycles. The predicted octanol–water partition coefficient (Wildman–Crippen LogP) is 4.12. The summed E-state index contributed by atoms with van der Waals surface area (Å²) in [6, 6.07) is 11.8. The van der Waals surface area contributed by atoms with Gasteiger partial charge in [-0.15, -0.1) is 0 Å². The topological polar surface area (TPSA) is 52.1 Å². The quantitative estimate of drug-likeness (QED) is 0.527. The number of benzene rings is 2. The van der Waals surface area contributed by atoms with Crippen LogP contribution in [-0.4, -0.2) is 15.9 Å². The van der Waals surface area contributed by atoms with E-state index in [2.05, 4.69) is 9.97 Å². The van der Waals surface area contributed by atoms with Gasteiger partial charge in [-0.1, -0.05) is 11.6 Å². The molecule has 22 heavy (non-hydrogen) atoms. The Morgan fingerprint density at radius 2 is 1.59 bits per heavy atom. The minimum atomic E-state index is -0.441. The number of carbonyl (C=O) groups excluding carboxylic acids is 1. The van der Waals surface area contributed by atoms with Crippen LogP contribution < -0.4 is 4.74 Å². The Morgan fingerprint density at radius 3 is 2.27 bits per heavy atom. The zero-order valence-corrected chi connectivity index (χ0v) is 12.9. The molecular formula is C17H13ClN2O2. The number of carbonyl (C=O) groups is 1. The lowest BCUT2D eigenvalue weighted by Crippen LogP contribution is -2.08. The average molecular weight is 313 g/mol. The van der Waals surface area contributed by atoms with Crippen LogP contribution in [0.25, 0.3) is 11.0 Å². The van der Waals surface area contributed by atoms with Gasteiger partial charge in [0.1, 0.15) is 5.75 Å². The smallest absolute Gasteiger partial charge is 0.343 e. The van der Waals surface area contributed by atoms with Crippen LogP contribution in [0.15, 0.2) is 42.5 Å². The third-order valence-corrected chi connectivity index (χ3v) is 3.59. The monoisotopic (exact) mass is 312 g/mol. The molecule has 0 atom stereocenters. The van der Waals surface area contributed by atoms with Gasteiger partial charge in [0.25, 0.3) is 0 Å². The maximum Gasteiger partial charge on any atom is 0.343 e. The number of hydrogen-bond donors (Lipinski definition) is 0. The molecule has 0 aliphatic carbocycles. The van der Waals surface area contributed by atoms with Gasteiger partial charge in [0, 0.05) is 5.02 Å². The molecule has 110 valence electrons. The van der Waals surface area contributed by atoms with E-state index in [9.17, 15) is 4.79 Å². The summed E-state index contributed by atoms with van der Waals surface area (Å²) in [5, 5.41) is 0.589. The number of aryl methyl sites for hydroxylation is 2. The molecule has 3 rings (SSSR count). The van der Waals surface area contributed by atoms with Crippen LogP contribution in [0.2, 0.25) is 5.02 Å². The van der Waals surface area contributed by atoms with E-state index in [4.69, 9.17) is 16.3 Å². The number of fused-ring (bicyclic) bond motifs is 1. The molecule has 0 saturated heterocycles. The van der Waals surface area contributed by atoms with Crippen LogP contribution in [-0.2, 0) is 0 Å². The number of ether oxygens (including phenoxy) is 1. The Labute approximate surface area is 132 Å². The molecule has 0 radical (unpaired) electrons. The average Bonchev–Trinajstić information content (AvgIpc) is 2.50. The number of aromatic nitrogens is 2. The largest absolute Gasteiger partial charge is 0.423 e. The molecule has 0 saturated carbocycles. The first-order valence-electron chi connectivity index (χ1n) is 6.76. The number of nitrogens with zero attached hydrogens (tertiary/aromatic N) is 2. The van der Waals surface area contributed by atoms with Crippen molar-refractivity contribution in [3.8, 4) is 5.75 Å². The first-order valence-corrected chi connectivity index (χ1v) is 7.13. The van der Waals surface area contributed by atoms with Crippen molar-refractivity contribution in [3.05, 3.63) is 64.4 Å².